The van der Waals surface area contributed by atoms with Crippen molar-refractivity contribution in [2.24, 2.45) is 0 Å². The van der Waals surface area contributed by atoms with E-state index in [1.54, 1.807) is 17.4 Å². The van der Waals surface area contributed by atoms with E-state index in [4.69, 9.17) is 0 Å². The van der Waals surface area contributed by atoms with Gasteiger partial charge in [-0.05, 0) is 41.8 Å². The molecular weight excluding hydrogens is 445 g/mol. The second kappa shape index (κ2) is 10.1. The van der Waals surface area contributed by atoms with Crippen molar-refractivity contribution >= 4 is 16.1 Å². The predicted octanol–water partition coefficient (Wildman–Crippen LogP) is 2.68. The van der Waals surface area contributed by atoms with E-state index in [0.29, 0.717) is 32.6 Å². The van der Waals surface area contributed by atoms with Gasteiger partial charge in [-0.25, -0.2) is 22.6 Å². The van der Waals surface area contributed by atoms with Crippen molar-refractivity contribution in [3.8, 4) is 0 Å². The second-order valence-electron chi connectivity index (χ2n) is 7.91. The smallest absolute Gasteiger partial charge is 0.317 e. The fraction of sp³-hybridized carbons (Fsp3) is 0.304. The Morgan fingerprint density at radius 1 is 1.03 bits per heavy atom. The largest absolute Gasteiger partial charge is 0.334 e. The summed E-state index contributed by atoms with van der Waals surface area (Å²) in [5.41, 5.74) is 2.09. The van der Waals surface area contributed by atoms with Gasteiger partial charge in [0.05, 0.1) is 11.2 Å². The summed E-state index contributed by atoms with van der Waals surface area (Å²) in [4.78, 5) is 18.5. The van der Waals surface area contributed by atoms with Gasteiger partial charge in [-0.2, -0.15) is 4.31 Å². The minimum Gasteiger partial charge on any atom is -0.334 e. The Labute approximate surface area is 192 Å². The third-order valence-corrected chi connectivity index (χ3v) is 7.47. The monoisotopic (exact) mass is 471 g/mol. The quantitative estimate of drug-likeness (QED) is 0.599. The summed E-state index contributed by atoms with van der Waals surface area (Å²) in [6.45, 7) is 2.32. The van der Waals surface area contributed by atoms with Gasteiger partial charge in [0.2, 0.25) is 10.0 Å². The number of hydrogen-bond donors (Lipinski definition) is 1. The number of imidazole rings is 1. The van der Waals surface area contributed by atoms with Crippen LogP contribution in [-0.2, 0) is 23.1 Å². The van der Waals surface area contributed by atoms with Gasteiger partial charge >= 0.3 is 6.03 Å². The Morgan fingerprint density at radius 2 is 1.82 bits per heavy atom. The van der Waals surface area contributed by atoms with Gasteiger partial charge in [0, 0.05) is 51.7 Å². The van der Waals surface area contributed by atoms with Crippen LogP contribution in [0.4, 0.5) is 9.18 Å². The van der Waals surface area contributed by atoms with Crippen LogP contribution in [0.5, 0.6) is 0 Å². The number of nitrogens with zero attached hydrogens (tertiary/aromatic N) is 4. The molecule has 8 nitrogen and oxygen atoms in total. The number of sulfonamides is 1. The first-order chi connectivity index (χ1) is 15.9. The fourth-order valence-corrected chi connectivity index (χ4v) is 5.28. The van der Waals surface area contributed by atoms with E-state index in [-0.39, 0.29) is 24.0 Å². The number of rotatable bonds is 6. The molecule has 0 spiro atoms. The van der Waals surface area contributed by atoms with Gasteiger partial charge in [-0.3, -0.25) is 0 Å². The van der Waals surface area contributed by atoms with Crippen LogP contribution in [-0.4, -0.2) is 59.4 Å². The van der Waals surface area contributed by atoms with E-state index in [9.17, 15) is 17.6 Å². The van der Waals surface area contributed by atoms with E-state index in [1.165, 1.54) is 16.4 Å². The van der Waals surface area contributed by atoms with Crippen LogP contribution >= 0.6 is 0 Å². The molecule has 1 fully saturated rings. The molecule has 3 aromatic rings. The number of nitrogens with one attached hydrogen (secondary N) is 1. The first-order valence-electron chi connectivity index (χ1n) is 10.7. The molecule has 0 unspecified atom stereocenters. The van der Waals surface area contributed by atoms with Crippen molar-refractivity contribution in [3.05, 3.63) is 84.2 Å². The number of urea groups is 1. The van der Waals surface area contributed by atoms with Crippen LogP contribution < -0.4 is 5.32 Å². The number of amides is 2. The highest BCUT2D eigenvalue weighted by molar-refractivity contribution is 7.89. The minimum atomic E-state index is -3.73. The Hall–Kier alpha value is -3.24. The van der Waals surface area contributed by atoms with Crippen molar-refractivity contribution in [2.45, 2.75) is 24.4 Å². The molecule has 1 aliphatic rings. The van der Waals surface area contributed by atoms with Crippen LogP contribution in [0.15, 0.2) is 72.1 Å². The lowest BCUT2D eigenvalue weighted by atomic mass is 10.1. The van der Waals surface area contributed by atoms with Gasteiger partial charge in [-0.15, -0.1) is 0 Å². The number of carbonyl (C=O) groups excluding carboxylic acids is 1. The molecule has 0 atom stereocenters. The highest BCUT2D eigenvalue weighted by Crippen LogP contribution is 2.18. The lowest BCUT2D eigenvalue weighted by Crippen LogP contribution is -2.42. The summed E-state index contributed by atoms with van der Waals surface area (Å²) >= 11 is 0. The van der Waals surface area contributed by atoms with Crippen LogP contribution in [0.3, 0.4) is 0 Å². The van der Waals surface area contributed by atoms with Crippen molar-refractivity contribution < 1.29 is 17.6 Å². The topological polar surface area (TPSA) is 87.5 Å². The Kier molecular flexibility index (Phi) is 7.05. The molecule has 1 aliphatic heterocycles. The maximum Gasteiger partial charge on any atom is 0.317 e. The number of halogens is 1. The van der Waals surface area contributed by atoms with Crippen LogP contribution in [0, 0.1) is 5.82 Å². The zero-order chi connectivity index (χ0) is 23.3. The second-order valence-corrected chi connectivity index (χ2v) is 9.85. The molecule has 0 bridgehead atoms. The van der Waals surface area contributed by atoms with Crippen molar-refractivity contribution in [3.63, 3.8) is 0 Å². The molecule has 1 N–H and O–H groups in total. The van der Waals surface area contributed by atoms with Gasteiger partial charge in [0.15, 0.2) is 0 Å². The SMILES string of the molecule is O=C(NCc1cccc(Cn2ccnc2)c1)N1CCCN(S(=O)(=O)c2ccc(F)cc2)CC1. The molecule has 2 amide bonds. The van der Waals surface area contributed by atoms with Crippen LogP contribution in [0.2, 0.25) is 0 Å². The molecule has 2 aromatic carbocycles. The third-order valence-electron chi connectivity index (χ3n) is 5.55. The lowest BCUT2D eigenvalue weighted by molar-refractivity contribution is 0.200. The fourth-order valence-electron chi connectivity index (χ4n) is 3.81. The lowest BCUT2D eigenvalue weighted by Gasteiger charge is -2.22. The molecule has 33 heavy (non-hydrogen) atoms. The van der Waals surface area contributed by atoms with Crippen molar-refractivity contribution in [1.29, 1.82) is 0 Å². The molecule has 0 aliphatic carbocycles. The Bertz CT molecular complexity index is 1180. The molecule has 0 radical (unpaired) electrons. The summed E-state index contributed by atoms with van der Waals surface area (Å²) in [6.07, 6.45) is 5.91. The maximum atomic E-state index is 13.2. The minimum absolute atomic E-state index is 0.0531. The number of carbonyl (C=O) groups is 1. The molecule has 1 saturated heterocycles. The Balaban J connectivity index is 1.32. The zero-order valence-corrected chi connectivity index (χ0v) is 18.9. The summed E-state index contributed by atoms with van der Waals surface area (Å²) in [6, 6.07) is 12.5. The normalized spacial score (nSPS) is 15.2. The summed E-state index contributed by atoms with van der Waals surface area (Å²) in [5.74, 6) is -0.486. The average Bonchev–Trinajstić information content (AvgIpc) is 3.18. The maximum absolute atomic E-state index is 13.2. The highest BCUT2D eigenvalue weighted by atomic mass is 32.2. The number of aromatic nitrogens is 2. The van der Waals surface area contributed by atoms with E-state index in [0.717, 1.165) is 23.3 Å². The Morgan fingerprint density at radius 3 is 2.58 bits per heavy atom. The van der Waals surface area contributed by atoms with Gasteiger partial charge in [0.1, 0.15) is 5.82 Å². The number of hydrogen-bond acceptors (Lipinski definition) is 4. The average molecular weight is 472 g/mol. The molecule has 174 valence electrons. The summed E-state index contributed by atoms with van der Waals surface area (Å²) in [5, 5.41) is 2.93. The molecule has 10 heteroatoms. The zero-order valence-electron chi connectivity index (χ0n) is 18.1. The van der Waals surface area contributed by atoms with Gasteiger partial charge in [-0.1, -0.05) is 24.3 Å². The van der Waals surface area contributed by atoms with E-state index >= 15 is 0 Å². The van der Waals surface area contributed by atoms with Gasteiger partial charge < -0.3 is 14.8 Å². The molecule has 1 aromatic heterocycles. The first-order valence-corrected chi connectivity index (χ1v) is 12.2. The third kappa shape index (κ3) is 5.77. The standard InChI is InChI=1S/C23H26FN5O3S/c24-21-5-7-22(8-6-21)33(31,32)29-11-2-10-28(13-14-29)23(30)26-16-19-3-1-4-20(15-19)17-27-12-9-25-18-27/h1,3-9,12,15,18H,2,10-11,13-14,16-17H2,(H,26,30). The van der Waals surface area contributed by atoms with Crippen LogP contribution in [0.25, 0.3) is 0 Å². The molecule has 2 heterocycles. The molecule has 4 rings (SSSR count). The van der Waals surface area contributed by atoms with Crippen LogP contribution in [0.1, 0.15) is 17.5 Å². The summed E-state index contributed by atoms with van der Waals surface area (Å²) in [7, 11) is -3.73. The molecule has 0 saturated carbocycles. The van der Waals surface area contributed by atoms with Crippen molar-refractivity contribution in [1.82, 2.24) is 24.1 Å². The number of benzene rings is 2. The van der Waals surface area contributed by atoms with Gasteiger partial charge in [0.25, 0.3) is 0 Å². The van der Waals surface area contributed by atoms with Crippen molar-refractivity contribution in [2.75, 3.05) is 26.2 Å². The van der Waals surface area contributed by atoms with E-state index in [2.05, 4.69) is 10.3 Å². The van der Waals surface area contributed by atoms with E-state index in [1.807, 2.05) is 35.0 Å². The molecular formula is C23H26FN5O3S. The van der Waals surface area contributed by atoms with E-state index < -0.39 is 15.8 Å². The first kappa shape index (κ1) is 22.9. The highest BCUT2D eigenvalue weighted by Gasteiger charge is 2.28. The predicted molar refractivity (Wildman–Crippen MR) is 121 cm³/mol. The summed E-state index contributed by atoms with van der Waals surface area (Å²) < 4.78 is 42.2.